The van der Waals surface area contributed by atoms with Gasteiger partial charge in [0.2, 0.25) is 17.7 Å². The van der Waals surface area contributed by atoms with Crippen molar-refractivity contribution in [2.24, 2.45) is 0 Å². The van der Waals surface area contributed by atoms with Crippen LogP contribution in [0.5, 0.6) is 0 Å². The molecule has 0 atom stereocenters. The van der Waals surface area contributed by atoms with E-state index in [0.29, 0.717) is 98.4 Å². The van der Waals surface area contributed by atoms with Crippen LogP contribution in [0.25, 0.3) is 0 Å². The highest BCUT2D eigenvalue weighted by Crippen LogP contribution is 2.12. The average molecular weight is 893 g/mol. The smallest absolute Gasteiger partial charge is 0.222 e. The van der Waals surface area contributed by atoms with E-state index in [1.165, 1.54) is 128 Å². The maximum absolute atomic E-state index is 12.6. The molecule has 370 valence electrons. The number of hydrogen-bond donors (Lipinski definition) is 3. The van der Waals surface area contributed by atoms with E-state index in [1.54, 1.807) is 7.11 Å². The van der Waals surface area contributed by atoms with Crippen molar-refractivity contribution in [3.63, 3.8) is 0 Å². The summed E-state index contributed by atoms with van der Waals surface area (Å²) in [5.74, 6) is 0.119. The third-order valence-electron chi connectivity index (χ3n) is 11.2. The average Bonchev–Trinajstić information content (AvgIpc) is 3.28. The minimum absolute atomic E-state index is 0.0658. The first-order chi connectivity index (χ1) is 31.0. The molecular formula is C52H100N4O7. The van der Waals surface area contributed by atoms with Crippen LogP contribution in [0.1, 0.15) is 200 Å². The Bertz CT molecular complexity index is 986. The van der Waals surface area contributed by atoms with E-state index < -0.39 is 0 Å². The molecule has 3 amide bonds. The highest BCUT2D eigenvalue weighted by molar-refractivity contribution is 5.76. The fourth-order valence-electron chi connectivity index (χ4n) is 7.22. The van der Waals surface area contributed by atoms with Gasteiger partial charge in [-0.2, -0.15) is 0 Å². The van der Waals surface area contributed by atoms with E-state index in [-0.39, 0.29) is 24.1 Å². The zero-order valence-electron chi connectivity index (χ0n) is 41.3. The molecule has 0 rings (SSSR count). The van der Waals surface area contributed by atoms with E-state index in [0.717, 1.165) is 38.5 Å². The summed E-state index contributed by atoms with van der Waals surface area (Å²) in [5, 5.41) is 9.17. The number of carbonyl (C=O) groups is 3. The van der Waals surface area contributed by atoms with Crippen molar-refractivity contribution < 1.29 is 33.3 Å². The maximum Gasteiger partial charge on any atom is 0.222 e. The highest BCUT2D eigenvalue weighted by atomic mass is 16.6. The first-order valence-corrected chi connectivity index (χ1v) is 26.1. The Morgan fingerprint density at radius 2 is 0.683 bits per heavy atom. The number of methoxy groups -OCH3 is 1. The minimum atomic E-state index is -0.0658. The van der Waals surface area contributed by atoms with Gasteiger partial charge in [0.15, 0.2) is 0 Å². The van der Waals surface area contributed by atoms with E-state index in [9.17, 15) is 14.4 Å². The van der Waals surface area contributed by atoms with Crippen molar-refractivity contribution in [2.75, 3.05) is 92.6 Å². The van der Waals surface area contributed by atoms with Gasteiger partial charge in [-0.3, -0.25) is 19.3 Å². The van der Waals surface area contributed by atoms with E-state index in [4.69, 9.17) is 18.9 Å². The highest BCUT2D eigenvalue weighted by Gasteiger charge is 2.10. The van der Waals surface area contributed by atoms with E-state index in [2.05, 4.69) is 59.0 Å². The predicted octanol–water partition coefficient (Wildman–Crippen LogP) is 10.8. The predicted molar refractivity (Wildman–Crippen MR) is 263 cm³/mol. The quantitative estimate of drug-likeness (QED) is 0.0407. The molecule has 11 heteroatoms. The van der Waals surface area contributed by atoms with E-state index >= 15 is 0 Å². The Morgan fingerprint density at radius 1 is 0.381 bits per heavy atom. The fourth-order valence-corrected chi connectivity index (χ4v) is 7.22. The second-order valence-electron chi connectivity index (χ2n) is 17.1. The molecule has 0 spiro atoms. The van der Waals surface area contributed by atoms with Crippen LogP contribution < -0.4 is 16.0 Å². The van der Waals surface area contributed by atoms with Crippen LogP contribution >= 0.6 is 0 Å². The van der Waals surface area contributed by atoms with Gasteiger partial charge in [0.25, 0.3) is 0 Å². The number of amides is 3. The molecule has 0 radical (unpaired) electrons. The van der Waals surface area contributed by atoms with E-state index in [1.807, 2.05) is 0 Å². The standard InChI is InChI=1S/C52H100N4O7/c1-4-6-8-10-12-14-16-18-20-22-24-26-28-30-32-34-50(57)53-37-40-56(42-39-55-52(59)36-43-61-46-47-63-49-48-62-45-44-60-3)41-38-54-51(58)35-33-31-29-27-25-23-21-19-17-15-13-11-9-7-5-2/h18-21H,4-17,22-49H2,1-3H3,(H,53,57)(H,54,58)(H,55,59)/b20-18-,21-19-. The SMILES string of the molecule is CCCCCCCC/C=C\CCCCCCCC(=O)NCCN(CCNC(=O)CCCCCCC/C=C\CCCCCCCC)CCNC(=O)CCOCCOCCOCCOC. The third-order valence-corrected chi connectivity index (χ3v) is 11.2. The summed E-state index contributed by atoms with van der Waals surface area (Å²) in [4.78, 5) is 39.9. The van der Waals surface area contributed by atoms with Crippen LogP contribution in [0.15, 0.2) is 24.3 Å². The molecular weight excluding hydrogens is 793 g/mol. The lowest BCUT2D eigenvalue weighted by atomic mass is 10.1. The van der Waals surface area contributed by atoms with Crippen molar-refractivity contribution in [1.29, 1.82) is 0 Å². The first-order valence-electron chi connectivity index (χ1n) is 26.1. The van der Waals surface area contributed by atoms with Gasteiger partial charge in [-0.25, -0.2) is 0 Å². The molecule has 0 unspecified atom stereocenters. The number of nitrogens with zero attached hydrogens (tertiary/aromatic N) is 1. The number of ether oxygens (including phenoxy) is 4. The number of unbranched alkanes of at least 4 members (excludes halogenated alkanes) is 22. The molecule has 0 saturated carbocycles. The van der Waals surface area contributed by atoms with Crippen LogP contribution in [0.3, 0.4) is 0 Å². The lowest BCUT2D eigenvalue weighted by molar-refractivity contribution is -0.122. The van der Waals surface area contributed by atoms with Gasteiger partial charge < -0.3 is 34.9 Å². The van der Waals surface area contributed by atoms with Crippen LogP contribution in [-0.4, -0.2) is 115 Å². The molecule has 0 bridgehead atoms. The summed E-state index contributed by atoms with van der Waals surface area (Å²) in [6, 6.07) is 0. The molecule has 0 aliphatic heterocycles. The normalized spacial score (nSPS) is 11.7. The third kappa shape index (κ3) is 50.5. The zero-order valence-corrected chi connectivity index (χ0v) is 41.3. The number of rotatable bonds is 51. The molecule has 0 aliphatic carbocycles. The van der Waals surface area contributed by atoms with Gasteiger partial charge in [0, 0.05) is 65.6 Å². The van der Waals surface area contributed by atoms with Crippen LogP contribution in [0.4, 0.5) is 0 Å². The summed E-state index contributed by atoms with van der Waals surface area (Å²) in [5.41, 5.74) is 0. The Labute approximate surface area is 387 Å². The maximum atomic E-state index is 12.6. The van der Waals surface area contributed by atoms with Gasteiger partial charge in [-0.15, -0.1) is 0 Å². The zero-order chi connectivity index (χ0) is 45.8. The largest absolute Gasteiger partial charge is 0.382 e. The van der Waals surface area contributed by atoms with Gasteiger partial charge in [-0.05, 0) is 64.2 Å². The van der Waals surface area contributed by atoms with Crippen molar-refractivity contribution in [3.05, 3.63) is 24.3 Å². The minimum Gasteiger partial charge on any atom is -0.382 e. The molecule has 0 heterocycles. The molecule has 0 aliphatic rings. The molecule has 63 heavy (non-hydrogen) atoms. The number of hydrogen-bond acceptors (Lipinski definition) is 8. The second-order valence-corrected chi connectivity index (χ2v) is 17.1. The molecule has 0 aromatic heterocycles. The van der Waals surface area contributed by atoms with Crippen LogP contribution in [0.2, 0.25) is 0 Å². The van der Waals surface area contributed by atoms with Gasteiger partial charge in [-0.1, -0.05) is 141 Å². The number of carbonyl (C=O) groups excluding carboxylic acids is 3. The van der Waals surface area contributed by atoms with Gasteiger partial charge in [0.1, 0.15) is 0 Å². The molecule has 3 N–H and O–H groups in total. The number of nitrogens with one attached hydrogen (secondary N) is 3. The molecule has 11 nitrogen and oxygen atoms in total. The van der Waals surface area contributed by atoms with Crippen LogP contribution in [-0.2, 0) is 33.3 Å². The Kier molecular flexibility index (Phi) is 50.4. The summed E-state index contributed by atoms with van der Waals surface area (Å²) < 4.78 is 21.3. The summed E-state index contributed by atoms with van der Waals surface area (Å²) >= 11 is 0. The Morgan fingerprint density at radius 3 is 1.05 bits per heavy atom. The Balaban J connectivity index is 4.31. The first kappa shape index (κ1) is 60.7. The fraction of sp³-hybridized carbons (Fsp3) is 0.865. The molecule has 0 aromatic carbocycles. The van der Waals surface area contributed by atoms with Crippen molar-refractivity contribution >= 4 is 17.7 Å². The summed E-state index contributed by atoms with van der Waals surface area (Å²) in [6.45, 7) is 11.3. The summed E-state index contributed by atoms with van der Waals surface area (Å²) in [6.07, 6.45) is 43.0. The summed E-state index contributed by atoms with van der Waals surface area (Å²) in [7, 11) is 1.64. The second kappa shape index (κ2) is 52.3. The number of allylic oxidation sites excluding steroid dienone is 4. The lowest BCUT2D eigenvalue weighted by Gasteiger charge is -2.23. The molecule has 0 aromatic rings. The topological polar surface area (TPSA) is 127 Å². The van der Waals surface area contributed by atoms with Crippen molar-refractivity contribution in [1.82, 2.24) is 20.9 Å². The van der Waals surface area contributed by atoms with Gasteiger partial charge >= 0.3 is 0 Å². The van der Waals surface area contributed by atoms with Crippen molar-refractivity contribution in [3.8, 4) is 0 Å². The monoisotopic (exact) mass is 893 g/mol. The van der Waals surface area contributed by atoms with Crippen LogP contribution in [0, 0.1) is 0 Å². The Hall–Kier alpha value is -2.31. The lowest BCUT2D eigenvalue weighted by Crippen LogP contribution is -2.43. The molecule has 0 saturated heterocycles. The van der Waals surface area contributed by atoms with Gasteiger partial charge in [0.05, 0.1) is 46.2 Å². The van der Waals surface area contributed by atoms with Crippen molar-refractivity contribution in [2.45, 2.75) is 200 Å². The molecule has 0 fully saturated rings.